The molecular weight excluding hydrogens is 356 g/mol. The van der Waals surface area contributed by atoms with Crippen LogP contribution in [-0.4, -0.2) is 28.5 Å². The molecule has 2 amide bonds. The topological polar surface area (TPSA) is 81.9 Å². The van der Waals surface area contributed by atoms with Crippen molar-refractivity contribution in [3.63, 3.8) is 0 Å². The second-order valence-corrected chi connectivity index (χ2v) is 7.47. The number of nitrogens with zero attached hydrogens (tertiary/aromatic N) is 2. The number of carbonyl (C=O) groups is 2. The summed E-state index contributed by atoms with van der Waals surface area (Å²) in [4.78, 5) is 25.4. The summed E-state index contributed by atoms with van der Waals surface area (Å²) in [5.74, 6) is 0.410. The Kier molecular flexibility index (Phi) is 5.27. The molecule has 0 spiro atoms. The molecule has 0 atom stereocenters. The van der Waals surface area contributed by atoms with Crippen LogP contribution < -0.4 is 4.90 Å². The first-order valence-electron chi connectivity index (χ1n) is 6.69. The number of amides is 2. The first-order chi connectivity index (χ1) is 9.82. The molecule has 22 heavy (non-hydrogen) atoms. The van der Waals surface area contributed by atoms with Crippen molar-refractivity contribution in [2.24, 2.45) is 0 Å². The van der Waals surface area contributed by atoms with E-state index in [0.717, 1.165) is 0 Å². The molecule has 0 saturated carbocycles. The molecule has 0 aliphatic rings. The molecule has 0 aliphatic heterocycles. The molecule has 1 heterocycles. The van der Waals surface area contributed by atoms with Gasteiger partial charge in [0.05, 0.1) is 0 Å². The lowest BCUT2D eigenvalue weighted by atomic mass is 10.2. The number of carbonyl (C=O) groups excluding carboxylic acids is 2. The van der Waals surface area contributed by atoms with Crippen molar-refractivity contribution >= 4 is 33.9 Å². The van der Waals surface area contributed by atoms with Crippen LogP contribution in [0.3, 0.4) is 0 Å². The van der Waals surface area contributed by atoms with E-state index in [1.165, 1.54) is 0 Å². The molecule has 0 aliphatic carbocycles. The fourth-order valence-electron chi connectivity index (χ4n) is 1.35. The number of rotatable bonds is 1. The molecule has 0 bridgehead atoms. The van der Waals surface area contributed by atoms with Crippen LogP contribution in [0.1, 0.15) is 47.3 Å². The van der Waals surface area contributed by atoms with Crippen LogP contribution >= 0.6 is 15.9 Å². The van der Waals surface area contributed by atoms with Crippen molar-refractivity contribution in [1.82, 2.24) is 5.16 Å². The van der Waals surface area contributed by atoms with Gasteiger partial charge in [-0.2, -0.15) is 4.90 Å². The van der Waals surface area contributed by atoms with Gasteiger partial charge in [-0.3, -0.25) is 0 Å². The first kappa shape index (κ1) is 18.5. The lowest BCUT2D eigenvalue weighted by molar-refractivity contribution is 0.0427. The van der Waals surface area contributed by atoms with E-state index in [2.05, 4.69) is 21.1 Å². The fraction of sp³-hybridized carbons (Fsp3) is 0.643. The number of aryl methyl sites for hydroxylation is 1. The Morgan fingerprint density at radius 1 is 1.05 bits per heavy atom. The SMILES string of the molecule is Cc1onc(N(C(=O)OC(C)(C)C)C(=O)OC(C)(C)C)c1Br. The van der Waals surface area contributed by atoms with Crippen LogP contribution in [0.4, 0.5) is 15.4 Å². The second-order valence-electron chi connectivity index (χ2n) is 6.67. The van der Waals surface area contributed by atoms with E-state index < -0.39 is 23.4 Å². The van der Waals surface area contributed by atoms with Gasteiger partial charge in [0.15, 0.2) is 0 Å². The Morgan fingerprint density at radius 3 is 1.73 bits per heavy atom. The molecule has 8 heteroatoms. The predicted octanol–water partition coefficient (Wildman–Crippen LogP) is 4.42. The van der Waals surface area contributed by atoms with E-state index in [-0.39, 0.29) is 5.82 Å². The van der Waals surface area contributed by atoms with E-state index in [1.807, 2.05) is 0 Å². The average molecular weight is 377 g/mol. The molecule has 0 aromatic carbocycles. The van der Waals surface area contributed by atoms with Crippen molar-refractivity contribution in [3.8, 4) is 0 Å². The maximum absolute atomic E-state index is 12.3. The zero-order chi connectivity index (χ0) is 17.3. The highest BCUT2D eigenvalue weighted by Crippen LogP contribution is 2.30. The van der Waals surface area contributed by atoms with Gasteiger partial charge in [-0.25, -0.2) is 9.59 Å². The van der Waals surface area contributed by atoms with Gasteiger partial charge in [-0.05, 0) is 64.4 Å². The number of hydrogen-bond donors (Lipinski definition) is 0. The van der Waals surface area contributed by atoms with Gasteiger partial charge in [0.2, 0.25) is 5.82 Å². The highest BCUT2D eigenvalue weighted by atomic mass is 79.9. The normalized spacial score (nSPS) is 12.0. The zero-order valence-corrected chi connectivity index (χ0v) is 15.4. The Hall–Kier alpha value is -1.57. The van der Waals surface area contributed by atoms with Crippen LogP contribution in [0.2, 0.25) is 0 Å². The average Bonchev–Trinajstić information content (AvgIpc) is 2.56. The van der Waals surface area contributed by atoms with Gasteiger partial charge in [0, 0.05) is 0 Å². The molecule has 124 valence electrons. The Balaban J connectivity index is 3.19. The predicted molar refractivity (Wildman–Crippen MR) is 83.9 cm³/mol. The van der Waals surface area contributed by atoms with Gasteiger partial charge in [-0.1, -0.05) is 5.16 Å². The number of hydrogen-bond acceptors (Lipinski definition) is 6. The molecule has 1 aromatic heterocycles. The number of halogens is 1. The Bertz CT molecular complexity index is 541. The van der Waals surface area contributed by atoms with Crippen molar-refractivity contribution in [2.75, 3.05) is 4.90 Å². The minimum absolute atomic E-state index is 0.0130. The molecule has 1 rings (SSSR count). The molecule has 7 nitrogen and oxygen atoms in total. The molecule has 0 N–H and O–H groups in total. The zero-order valence-electron chi connectivity index (χ0n) is 13.8. The third kappa shape index (κ3) is 5.01. The number of aromatic nitrogens is 1. The first-order valence-corrected chi connectivity index (χ1v) is 7.49. The van der Waals surface area contributed by atoms with Crippen molar-refractivity contribution < 1.29 is 23.6 Å². The molecule has 0 saturated heterocycles. The monoisotopic (exact) mass is 376 g/mol. The summed E-state index contributed by atoms with van der Waals surface area (Å²) < 4.78 is 15.8. The number of anilines is 1. The van der Waals surface area contributed by atoms with E-state index >= 15 is 0 Å². The van der Waals surface area contributed by atoms with Crippen molar-refractivity contribution in [3.05, 3.63) is 10.2 Å². The van der Waals surface area contributed by atoms with E-state index in [0.29, 0.717) is 15.1 Å². The quantitative estimate of drug-likeness (QED) is 0.721. The van der Waals surface area contributed by atoms with E-state index in [1.54, 1.807) is 48.5 Å². The summed E-state index contributed by atoms with van der Waals surface area (Å²) in [7, 11) is 0. The van der Waals surface area contributed by atoms with E-state index in [4.69, 9.17) is 14.0 Å². The van der Waals surface area contributed by atoms with Crippen molar-refractivity contribution in [2.45, 2.75) is 59.7 Å². The van der Waals surface area contributed by atoms with Gasteiger partial charge in [0.25, 0.3) is 0 Å². The fourth-order valence-corrected chi connectivity index (χ4v) is 1.67. The highest BCUT2D eigenvalue weighted by Gasteiger charge is 2.36. The lowest BCUT2D eigenvalue weighted by Crippen LogP contribution is -2.44. The molecule has 0 unspecified atom stereocenters. The van der Waals surface area contributed by atoms with Crippen LogP contribution in [0, 0.1) is 6.92 Å². The van der Waals surface area contributed by atoms with Gasteiger partial charge < -0.3 is 14.0 Å². The summed E-state index contributed by atoms with van der Waals surface area (Å²) >= 11 is 3.23. The van der Waals surface area contributed by atoms with E-state index in [9.17, 15) is 9.59 Å². The van der Waals surface area contributed by atoms with Gasteiger partial charge in [-0.15, -0.1) is 0 Å². The summed E-state index contributed by atoms with van der Waals surface area (Å²) in [5.41, 5.74) is -1.55. The summed E-state index contributed by atoms with van der Waals surface area (Å²) in [5, 5.41) is 3.72. The highest BCUT2D eigenvalue weighted by molar-refractivity contribution is 9.10. The van der Waals surface area contributed by atoms with Crippen LogP contribution in [0.15, 0.2) is 9.00 Å². The summed E-state index contributed by atoms with van der Waals surface area (Å²) in [6.07, 6.45) is -1.79. The van der Waals surface area contributed by atoms with Crippen LogP contribution in [-0.2, 0) is 9.47 Å². The number of ether oxygens (including phenoxy) is 2. The lowest BCUT2D eigenvalue weighted by Gasteiger charge is -2.27. The Labute approximate surface area is 138 Å². The van der Waals surface area contributed by atoms with Gasteiger partial charge >= 0.3 is 12.2 Å². The molecule has 0 radical (unpaired) electrons. The number of imide groups is 1. The maximum atomic E-state index is 12.3. The third-order valence-corrected chi connectivity index (χ3v) is 3.05. The molecule has 1 aromatic rings. The third-order valence-electron chi connectivity index (χ3n) is 2.14. The standard InChI is InChI=1S/C14H21BrN2O5/c1-8-9(15)10(16-22-8)17(11(18)20-13(2,3)4)12(19)21-14(5,6)7/h1-7H3. The minimum Gasteiger partial charge on any atom is -0.443 e. The summed E-state index contributed by atoms with van der Waals surface area (Å²) in [6.45, 7) is 11.8. The molecule has 0 fully saturated rings. The second kappa shape index (κ2) is 6.28. The van der Waals surface area contributed by atoms with Crippen molar-refractivity contribution in [1.29, 1.82) is 0 Å². The summed E-state index contributed by atoms with van der Waals surface area (Å²) in [6, 6.07) is 0. The molecular formula is C14H21BrN2O5. The smallest absolute Gasteiger partial charge is 0.425 e. The maximum Gasteiger partial charge on any atom is 0.425 e. The van der Waals surface area contributed by atoms with Crippen LogP contribution in [0.5, 0.6) is 0 Å². The minimum atomic E-state index is -0.893. The van der Waals surface area contributed by atoms with Crippen LogP contribution in [0.25, 0.3) is 0 Å². The largest absolute Gasteiger partial charge is 0.443 e. The van der Waals surface area contributed by atoms with Gasteiger partial charge in [0.1, 0.15) is 21.4 Å². The Morgan fingerprint density at radius 2 is 1.45 bits per heavy atom.